The van der Waals surface area contributed by atoms with E-state index in [1.165, 1.54) is 5.56 Å². The number of rotatable bonds is 6. The van der Waals surface area contributed by atoms with Gasteiger partial charge in [-0.05, 0) is 39.8 Å². The Morgan fingerprint density at radius 2 is 2.15 bits per heavy atom. The number of guanidine groups is 1. The summed E-state index contributed by atoms with van der Waals surface area (Å²) >= 11 is 0. The zero-order chi connectivity index (χ0) is 19.4. The molecule has 0 aliphatic carbocycles. The quantitative estimate of drug-likeness (QED) is 0.599. The lowest BCUT2D eigenvalue weighted by atomic mass is 10.1. The molecule has 0 radical (unpaired) electrons. The molecule has 0 saturated heterocycles. The van der Waals surface area contributed by atoms with E-state index in [2.05, 4.69) is 33.6 Å². The normalized spacial score (nSPS) is 16.0. The smallest absolute Gasteiger partial charge is 0.214 e. The van der Waals surface area contributed by atoms with Gasteiger partial charge in [-0.25, -0.2) is 9.98 Å². The number of nitrogens with one attached hydrogen (secondary N) is 2. The molecule has 2 heterocycles. The molecule has 146 valence electrons. The number of hydrogen-bond donors (Lipinski definition) is 2. The largest absolute Gasteiger partial charge is 0.496 e. The molecule has 1 aliphatic rings. The molecule has 7 nitrogen and oxygen atoms in total. The van der Waals surface area contributed by atoms with Gasteiger partial charge in [0, 0.05) is 24.1 Å². The lowest BCUT2D eigenvalue weighted by Crippen LogP contribution is -2.36. The Labute approximate surface area is 160 Å². The molecule has 2 N–H and O–H groups in total. The maximum Gasteiger partial charge on any atom is 0.214 e. The number of nitrogens with zero attached hydrogens (tertiary/aromatic N) is 2. The fourth-order valence-corrected chi connectivity index (χ4v) is 3.08. The van der Waals surface area contributed by atoms with Crippen molar-refractivity contribution >= 4 is 5.96 Å². The van der Waals surface area contributed by atoms with Crippen LogP contribution in [0, 0.1) is 13.8 Å². The molecule has 1 aromatic carbocycles. The van der Waals surface area contributed by atoms with E-state index in [-0.39, 0.29) is 6.10 Å². The molecule has 0 bridgehead atoms. The van der Waals surface area contributed by atoms with Crippen molar-refractivity contribution in [3.63, 3.8) is 0 Å². The van der Waals surface area contributed by atoms with E-state index in [0.717, 1.165) is 41.5 Å². The van der Waals surface area contributed by atoms with Crippen molar-refractivity contribution in [2.24, 2.45) is 4.99 Å². The third-order valence-electron chi connectivity index (χ3n) is 4.53. The molecule has 7 heteroatoms. The van der Waals surface area contributed by atoms with Gasteiger partial charge in [0.05, 0.1) is 25.9 Å². The Morgan fingerprint density at radius 1 is 1.33 bits per heavy atom. The van der Waals surface area contributed by atoms with E-state index in [4.69, 9.17) is 13.9 Å². The molecule has 1 aromatic heterocycles. The number of aliphatic imine (C=N–C) groups is 1. The van der Waals surface area contributed by atoms with Crippen LogP contribution in [-0.2, 0) is 19.5 Å². The van der Waals surface area contributed by atoms with Gasteiger partial charge in [-0.2, -0.15) is 0 Å². The second-order valence-electron chi connectivity index (χ2n) is 6.70. The summed E-state index contributed by atoms with van der Waals surface area (Å²) in [4.78, 5) is 9.06. The lowest BCUT2D eigenvalue weighted by Gasteiger charge is -2.12. The van der Waals surface area contributed by atoms with E-state index in [1.54, 1.807) is 7.11 Å². The summed E-state index contributed by atoms with van der Waals surface area (Å²) in [6, 6.07) is 4.09. The van der Waals surface area contributed by atoms with E-state index in [0.29, 0.717) is 24.9 Å². The summed E-state index contributed by atoms with van der Waals surface area (Å²) in [6.45, 7) is 9.66. The second kappa shape index (κ2) is 8.33. The molecule has 27 heavy (non-hydrogen) atoms. The maximum absolute atomic E-state index is 5.86. The summed E-state index contributed by atoms with van der Waals surface area (Å²) in [5, 5.41) is 6.49. The van der Waals surface area contributed by atoms with Crippen molar-refractivity contribution in [1.29, 1.82) is 0 Å². The fraction of sp³-hybridized carbons (Fsp3) is 0.500. The van der Waals surface area contributed by atoms with Crippen molar-refractivity contribution in [3.05, 3.63) is 40.6 Å². The summed E-state index contributed by atoms with van der Waals surface area (Å²) in [7, 11) is 1.69. The highest BCUT2D eigenvalue weighted by Crippen LogP contribution is 2.35. The minimum absolute atomic E-state index is 0.204. The van der Waals surface area contributed by atoms with Crippen molar-refractivity contribution < 1.29 is 13.9 Å². The number of fused-ring (bicyclic) bond motifs is 1. The van der Waals surface area contributed by atoms with Gasteiger partial charge in [-0.3, -0.25) is 0 Å². The van der Waals surface area contributed by atoms with Gasteiger partial charge in [-0.15, -0.1) is 0 Å². The lowest BCUT2D eigenvalue weighted by molar-refractivity contribution is 0.254. The highest BCUT2D eigenvalue weighted by Gasteiger charge is 2.21. The van der Waals surface area contributed by atoms with E-state index in [9.17, 15) is 0 Å². The highest BCUT2D eigenvalue weighted by molar-refractivity contribution is 5.79. The molecule has 0 saturated carbocycles. The number of methoxy groups -OCH3 is 1. The Morgan fingerprint density at radius 3 is 2.81 bits per heavy atom. The van der Waals surface area contributed by atoms with Gasteiger partial charge in [0.1, 0.15) is 23.4 Å². The zero-order valence-electron chi connectivity index (χ0n) is 16.7. The van der Waals surface area contributed by atoms with Crippen LogP contribution >= 0.6 is 0 Å². The Bertz CT molecular complexity index is 809. The number of hydrogen-bond acceptors (Lipinski definition) is 5. The van der Waals surface area contributed by atoms with E-state index < -0.39 is 0 Å². The average Bonchev–Trinajstić information content (AvgIpc) is 3.16. The first-order valence-corrected chi connectivity index (χ1v) is 9.31. The van der Waals surface area contributed by atoms with Crippen LogP contribution in [0.15, 0.2) is 21.5 Å². The molecule has 1 aliphatic heterocycles. The zero-order valence-corrected chi connectivity index (χ0v) is 16.7. The molecule has 0 amide bonds. The topological polar surface area (TPSA) is 80.9 Å². The monoisotopic (exact) mass is 372 g/mol. The molecule has 0 fully saturated rings. The molecule has 3 rings (SSSR count). The van der Waals surface area contributed by atoms with Crippen LogP contribution in [0.2, 0.25) is 0 Å². The summed E-state index contributed by atoms with van der Waals surface area (Å²) in [5.41, 5.74) is 3.09. The number of ether oxygens (including phenoxy) is 2. The van der Waals surface area contributed by atoms with Crippen molar-refractivity contribution in [2.75, 3.05) is 13.7 Å². The van der Waals surface area contributed by atoms with E-state index in [1.807, 2.05) is 26.8 Å². The molecular formula is C20H28N4O3. The van der Waals surface area contributed by atoms with Crippen LogP contribution in [0.4, 0.5) is 0 Å². The van der Waals surface area contributed by atoms with Crippen molar-refractivity contribution in [1.82, 2.24) is 15.6 Å². The van der Waals surface area contributed by atoms with Crippen LogP contribution in [0.3, 0.4) is 0 Å². The third-order valence-corrected chi connectivity index (χ3v) is 4.53. The number of aryl methyl sites for hydroxylation is 2. The maximum atomic E-state index is 5.86. The molecule has 1 atom stereocenters. The van der Waals surface area contributed by atoms with Crippen molar-refractivity contribution in [3.8, 4) is 11.5 Å². The SMILES string of the molecule is CCNC(=NCc1cc2c(cc1OC)CC(C)O2)NCc1nc(C)c(C)o1. The minimum atomic E-state index is 0.204. The first-order chi connectivity index (χ1) is 13.0. The Kier molecular flexibility index (Phi) is 5.88. The van der Waals surface area contributed by atoms with Gasteiger partial charge >= 0.3 is 0 Å². The van der Waals surface area contributed by atoms with Crippen LogP contribution in [0.25, 0.3) is 0 Å². The predicted octanol–water partition coefficient (Wildman–Crippen LogP) is 2.88. The number of aromatic nitrogens is 1. The molecule has 0 spiro atoms. The van der Waals surface area contributed by atoms with Crippen LogP contribution in [0.5, 0.6) is 11.5 Å². The van der Waals surface area contributed by atoms with Gasteiger partial charge in [0.15, 0.2) is 5.96 Å². The average molecular weight is 372 g/mol. The summed E-state index contributed by atoms with van der Waals surface area (Å²) in [6.07, 6.45) is 1.11. The van der Waals surface area contributed by atoms with Crippen LogP contribution in [0.1, 0.15) is 42.3 Å². The summed E-state index contributed by atoms with van der Waals surface area (Å²) in [5.74, 6) is 3.95. The van der Waals surface area contributed by atoms with Crippen molar-refractivity contribution in [2.45, 2.75) is 53.3 Å². The van der Waals surface area contributed by atoms with Crippen LogP contribution < -0.4 is 20.1 Å². The van der Waals surface area contributed by atoms with Crippen LogP contribution in [-0.4, -0.2) is 30.7 Å². The first kappa shape index (κ1) is 19.1. The third kappa shape index (κ3) is 4.53. The number of oxazole rings is 1. The Balaban J connectivity index is 1.72. The Hall–Kier alpha value is -2.70. The van der Waals surface area contributed by atoms with Gasteiger partial charge in [-0.1, -0.05) is 0 Å². The van der Waals surface area contributed by atoms with Gasteiger partial charge in [0.2, 0.25) is 5.89 Å². The van der Waals surface area contributed by atoms with Gasteiger partial charge in [0.25, 0.3) is 0 Å². The summed E-state index contributed by atoms with van der Waals surface area (Å²) < 4.78 is 17.0. The first-order valence-electron chi connectivity index (χ1n) is 9.31. The molecule has 1 unspecified atom stereocenters. The van der Waals surface area contributed by atoms with E-state index >= 15 is 0 Å². The predicted molar refractivity (Wildman–Crippen MR) is 104 cm³/mol. The fourth-order valence-electron chi connectivity index (χ4n) is 3.08. The minimum Gasteiger partial charge on any atom is -0.496 e. The standard InChI is InChI=1S/C20H28N4O3/c1-6-21-20(23-11-19-24-13(3)14(4)27-19)22-10-16-9-18-15(7-12(2)26-18)8-17(16)25-5/h8-9,12H,6-7,10-11H2,1-5H3,(H2,21,22,23). The highest BCUT2D eigenvalue weighted by atomic mass is 16.5. The molecular weight excluding hydrogens is 344 g/mol. The van der Waals surface area contributed by atoms with Gasteiger partial charge < -0.3 is 24.5 Å². The molecule has 2 aromatic rings. The number of benzene rings is 1. The second-order valence-corrected chi connectivity index (χ2v) is 6.70.